The molecule has 1 unspecified atom stereocenters. The molecule has 0 amide bonds. The zero-order valence-corrected chi connectivity index (χ0v) is 10.2. The van der Waals surface area contributed by atoms with E-state index in [1.807, 2.05) is 32.0 Å². The zero-order valence-electron chi connectivity index (χ0n) is 10.2. The lowest BCUT2D eigenvalue weighted by Gasteiger charge is -2.15. The van der Waals surface area contributed by atoms with Crippen LogP contribution < -0.4 is 5.73 Å². The lowest BCUT2D eigenvalue weighted by molar-refractivity contribution is 0.0152. The van der Waals surface area contributed by atoms with Gasteiger partial charge in [0.1, 0.15) is 6.61 Å². The van der Waals surface area contributed by atoms with E-state index in [0.29, 0.717) is 6.42 Å². The summed E-state index contributed by atoms with van der Waals surface area (Å²) in [5, 5.41) is 0. The summed E-state index contributed by atoms with van der Waals surface area (Å²) in [7, 11) is 0. The number of halogens is 2. The molecule has 2 nitrogen and oxygen atoms in total. The lowest BCUT2D eigenvalue weighted by Crippen LogP contribution is -2.16. The van der Waals surface area contributed by atoms with Crippen LogP contribution in [0.25, 0.3) is 0 Å². The molecular weight excluding hydrogens is 224 g/mol. The quantitative estimate of drug-likeness (QED) is 0.779. The molecule has 0 aromatic heterocycles. The molecular formula is C13H19F2NO. The summed E-state index contributed by atoms with van der Waals surface area (Å²) in [4.78, 5) is 0. The van der Waals surface area contributed by atoms with E-state index in [0.717, 1.165) is 16.7 Å². The average molecular weight is 243 g/mol. The first kappa shape index (κ1) is 14.1. The van der Waals surface area contributed by atoms with Crippen LogP contribution in [0, 0.1) is 13.8 Å². The second kappa shape index (κ2) is 6.67. The number of ether oxygens (including phenoxy) is 1. The lowest BCUT2D eigenvalue weighted by atomic mass is 9.98. The minimum absolute atomic E-state index is 0.160. The number of aryl methyl sites for hydroxylation is 2. The Labute approximate surface area is 101 Å². The molecule has 4 heteroatoms. The molecule has 17 heavy (non-hydrogen) atoms. The van der Waals surface area contributed by atoms with Gasteiger partial charge in [-0.25, -0.2) is 8.78 Å². The summed E-state index contributed by atoms with van der Waals surface area (Å²) >= 11 is 0. The Bertz CT molecular complexity index is 355. The molecule has 0 saturated heterocycles. The molecule has 0 heterocycles. The minimum atomic E-state index is -2.41. The second-order valence-corrected chi connectivity index (χ2v) is 4.22. The van der Waals surface area contributed by atoms with Crippen LogP contribution >= 0.6 is 0 Å². The monoisotopic (exact) mass is 243 g/mol. The van der Waals surface area contributed by atoms with Gasteiger partial charge in [0.05, 0.1) is 0 Å². The zero-order chi connectivity index (χ0) is 12.8. The van der Waals surface area contributed by atoms with Gasteiger partial charge in [0.2, 0.25) is 0 Å². The fourth-order valence-corrected chi connectivity index (χ4v) is 1.70. The molecule has 1 aromatic rings. The predicted octanol–water partition coefficient (Wildman–Crippen LogP) is 2.98. The molecule has 2 N–H and O–H groups in total. The molecule has 0 spiro atoms. The van der Waals surface area contributed by atoms with Gasteiger partial charge in [-0.05, 0) is 31.4 Å². The van der Waals surface area contributed by atoms with Gasteiger partial charge in [-0.1, -0.05) is 23.8 Å². The molecule has 96 valence electrons. The molecule has 0 aliphatic rings. The summed E-state index contributed by atoms with van der Waals surface area (Å²) in [6.07, 6.45) is -1.86. The maximum absolute atomic E-state index is 11.8. The largest absolute Gasteiger partial charge is 0.375 e. The van der Waals surface area contributed by atoms with Crippen LogP contribution in [0.2, 0.25) is 0 Å². The third-order valence-corrected chi connectivity index (χ3v) is 2.65. The van der Waals surface area contributed by atoms with Gasteiger partial charge in [0.15, 0.2) is 0 Å². The predicted molar refractivity (Wildman–Crippen MR) is 64.3 cm³/mol. The fraction of sp³-hybridized carbons (Fsp3) is 0.538. The highest BCUT2D eigenvalue weighted by atomic mass is 19.3. The number of alkyl halides is 2. The van der Waals surface area contributed by atoms with Crippen molar-refractivity contribution in [3.05, 3.63) is 34.9 Å². The fourth-order valence-electron chi connectivity index (χ4n) is 1.70. The average Bonchev–Trinajstić information content (AvgIpc) is 2.27. The first-order valence-electron chi connectivity index (χ1n) is 5.69. The van der Waals surface area contributed by atoms with Gasteiger partial charge < -0.3 is 10.5 Å². The molecule has 1 rings (SSSR count). The van der Waals surface area contributed by atoms with E-state index in [9.17, 15) is 8.78 Å². The van der Waals surface area contributed by atoms with Gasteiger partial charge in [0, 0.05) is 12.6 Å². The van der Waals surface area contributed by atoms with Crippen molar-refractivity contribution in [2.24, 2.45) is 5.73 Å². The van der Waals surface area contributed by atoms with E-state index in [1.54, 1.807) is 0 Å². The highest BCUT2D eigenvalue weighted by Crippen LogP contribution is 2.19. The van der Waals surface area contributed by atoms with Crippen molar-refractivity contribution >= 4 is 0 Å². The third-order valence-electron chi connectivity index (χ3n) is 2.65. The number of rotatable bonds is 6. The Kier molecular flexibility index (Phi) is 5.51. The van der Waals surface area contributed by atoms with Crippen molar-refractivity contribution in [1.29, 1.82) is 0 Å². The molecule has 0 bridgehead atoms. The van der Waals surface area contributed by atoms with Gasteiger partial charge in [-0.15, -0.1) is 0 Å². The van der Waals surface area contributed by atoms with E-state index >= 15 is 0 Å². The number of benzene rings is 1. The van der Waals surface area contributed by atoms with Crippen LogP contribution in [0.3, 0.4) is 0 Å². The molecule has 0 fully saturated rings. The molecule has 0 saturated carbocycles. The van der Waals surface area contributed by atoms with Crippen LogP contribution in [0.4, 0.5) is 8.78 Å². The molecule has 0 aliphatic carbocycles. The number of nitrogens with two attached hydrogens (primary N) is 1. The van der Waals surface area contributed by atoms with Crippen molar-refractivity contribution < 1.29 is 13.5 Å². The van der Waals surface area contributed by atoms with Crippen molar-refractivity contribution in [1.82, 2.24) is 0 Å². The van der Waals surface area contributed by atoms with Crippen LogP contribution in [-0.2, 0) is 4.74 Å². The number of hydrogen-bond donors (Lipinski definition) is 1. The Morgan fingerprint density at radius 2 is 2.00 bits per heavy atom. The Morgan fingerprint density at radius 3 is 2.65 bits per heavy atom. The topological polar surface area (TPSA) is 35.2 Å². The highest BCUT2D eigenvalue weighted by Gasteiger charge is 2.10. The van der Waals surface area contributed by atoms with E-state index < -0.39 is 13.0 Å². The summed E-state index contributed by atoms with van der Waals surface area (Å²) in [5.41, 5.74) is 9.34. The first-order chi connectivity index (χ1) is 8.00. The van der Waals surface area contributed by atoms with Crippen LogP contribution in [0.5, 0.6) is 0 Å². The Hall–Kier alpha value is -1.00. The van der Waals surface area contributed by atoms with Crippen molar-refractivity contribution in [2.45, 2.75) is 32.7 Å². The molecule has 1 atom stereocenters. The Balaban J connectivity index is 2.46. The number of hydrogen-bond acceptors (Lipinski definition) is 2. The van der Waals surface area contributed by atoms with Gasteiger partial charge in [-0.3, -0.25) is 0 Å². The van der Waals surface area contributed by atoms with Crippen molar-refractivity contribution in [3.63, 3.8) is 0 Å². The van der Waals surface area contributed by atoms with Gasteiger partial charge in [0.25, 0.3) is 6.43 Å². The van der Waals surface area contributed by atoms with Gasteiger partial charge >= 0.3 is 0 Å². The van der Waals surface area contributed by atoms with E-state index in [4.69, 9.17) is 10.5 Å². The third kappa shape index (κ3) is 4.79. The second-order valence-electron chi connectivity index (χ2n) is 4.22. The van der Waals surface area contributed by atoms with Crippen molar-refractivity contribution in [3.8, 4) is 0 Å². The SMILES string of the molecule is Cc1ccc(C)c(C(N)CCOCC(F)F)c1. The van der Waals surface area contributed by atoms with Crippen LogP contribution in [0.15, 0.2) is 18.2 Å². The first-order valence-corrected chi connectivity index (χ1v) is 5.69. The maximum atomic E-state index is 11.8. The summed E-state index contributed by atoms with van der Waals surface area (Å²) in [6, 6.07) is 5.92. The summed E-state index contributed by atoms with van der Waals surface area (Å²) in [5.74, 6) is 0. The summed E-state index contributed by atoms with van der Waals surface area (Å²) < 4.78 is 28.5. The molecule has 0 radical (unpaired) electrons. The maximum Gasteiger partial charge on any atom is 0.261 e. The van der Waals surface area contributed by atoms with E-state index in [2.05, 4.69) is 0 Å². The van der Waals surface area contributed by atoms with Crippen LogP contribution in [0.1, 0.15) is 29.2 Å². The Morgan fingerprint density at radius 1 is 1.29 bits per heavy atom. The highest BCUT2D eigenvalue weighted by molar-refractivity contribution is 5.32. The smallest absolute Gasteiger partial charge is 0.261 e. The minimum Gasteiger partial charge on any atom is -0.375 e. The van der Waals surface area contributed by atoms with Crippen LogP contribution in [-0.4, -0.2) is 19.6 Å². The normalized spacial score (nSPS) is 13.1. The molecule has 1 aromatic carbocycles. The summed E-state index contributed by atoms with van der Waals surface area (Å²) in [6.45, 7) is 3.75. The standard InChI is InChI=1S/C13H19F2NO/c1-9-3-4-10(2)11(7-9)12(16)5-6-17-8-13(14)15/h3-4,7,12-13H,5-6,8,16H2,1-2H3. The van der Waals surface area contributed by atoms with Gasteiger partial charge in [-0.2, -0.15) is 0 Å². The molecule has 0 aliphatic heterocycles. The van der Waals surface area contributed by atoms with Crippen molar-refractivity contribution in [2.75, 3.05) is 13.2 Å². The van der Waals surface area contributed by atoms with E-state index in [1.165, 1.54) is 0 Å². The van der Waals surface area contributed by atoms with E-state index in [-0.39, 0.29) is 12.6 Å².